The molecule has 43 heavy (non-hydrogen) atoms. The van der Waals surface area contributed by atoms with Crippen molar-refractivity contribution in [3.8, 4) is 56.6 Å². The third kappa shape index (κ3) is 4.75. The Kier molecular flexibility index (Phi) is 6.08. The normalized spacial score (nSPS) is 11.3. The van der Waals surface area contributed by atoms with Gasteiger partial charge >= 0.3 is 0 Å². The summed E-state index contributed by atoms with van der Waals surface area (Å²) >= 11 is 0. The first-order valence-electron chi connectivity index (χ1n) is 14.3. The van der Waals surface area contributed by atoms with Crippen molar-refractivity contribution in [1.29, 1.82) is 0 Å². The van der Waals surface area contributed by atoms with Crippen molar-refractivity contribution in [2.45, 2.75) is 0 Å². The van der Waals surface area contributed by atoms with Gasteiger partial charge in [0.15, 0.2) is 23.2 Å². The molecule has 0 fully saturated rings. The highest BCUT2D eigenvalue weighted by Gasteiger charge is 2.18. The Morgan fingerprint density at radius 3 is 1.70 bits per heavy atom. The molecule has 8 aromatic rings. The first-order chi connectivity index (χ1) is 21.3. The quantitative estimate of drug-likeness (QED) is 0.214. The van der Waals surface area contributed by atoms with Crippen LogP contribution in [0.1, 0.15) is 0 Å². The first-order valence-corrected chi connectivity index (χ1v) is 14.3. The third-order valence-electron chi connectivity index (χ3n) is 7.74. The van der Waals surface area contributed by atoms with Crippen LogP contribution in [-0.2, 0) is 0 Å². The number of furan rings is 1. The first kappa shape index (κ1) is 24.9. The average molecular weight is 552 g/mol. The Balaban J connectivity index is 1.29. The van der Waals surface area contributed by atoms with E-state index >= 15 is 0 Å². The lowest BCUT2D eigenvalue weighted by atomic mass is 9.99. The Morgan fingerprint density at radius 2 is 0.930 bits per heavy atom. The molecular formula is C39H25N3O. The van der Waals surface area contributed by atoms with Gasteiger partial charge < -0.3 is 4.42 Å². The van der Waals surface area contributed by atoms with Crippen molar-refractivity contribution < 1.29 is 4.42 Å². The van der Waals surface area contributed by atoms with Crippen LogP contribution < -0.4 is 0 Å². The van der Waals surface area contributed by atoms with Crippen LogP contribution in [0.2, 0.25) is 0 Å². The molecule has 0 saturated heterocycles. The van der Waals surface area contributed by atoms with E-state index in [1.54, 1.807) is 0 Å². The topological polar surface area (TPSA) is 51.8 Å². The Morgan fingerprint density at radius 1 is 0.349 bits per heavy atom. The Hall–Kier alpha value is -5.87. The number of aromatic nitrogens is 3. The molecule has 0 atom stereocenters. The molecule has 4 nitrogen and oxygen atoms in total. The van der Waals surface area contributed by atoms with Gasteiger partial charge in [-0.05, 0) is 57.3 Å². The predicted octanol–water partition coefficient (Wildman–Crippen LogP) is 10.1. The SMILES string of the molecule is c1ccc(-c2ccc3cc(-c4nc(-c5cc6ccccc6o5)nc(-c5ccccc5-c5ccccc5)n4)ccc3c2)cc1. The molecule has 0 aliphatic carbocycles. The van der Waals surface area contributed by atoms with Crippen molar-refractivity contribution in [2.75, 3.05) is 0 Å². The number of rotatable bonds is 5. The summed E-state index contributed by atoms with van der Waals surface area (Å²) in [5.41, 5.74) is 7.19. The molecule has 6 aromatic carbocycles. The summed E-state index contributed by atoms with van der Waals surface area (Å²) in [6.45, 7) is 0. The minimum absolute atomic E-state index is 0.499. The minimum Gasteiger partial charge on any atom is -0.453 e. The fraction of sp³-hybridized carbons (Fsp3) is 0. The van der Waals surface area contributed by atoms with E-state index in [0.717, 1.165) is 44.0 Å². The average Bonchev–Trinajstić information content (AvgIpc) is 3.53. The largest absolute Gasteiger partial charge is 0.453 e. The molecule has 0 bridgehead atoms. The predicted molar refractivity (Wildman–Crippen MR) is 174 cm³/mol. The van der Waals surface area contributed by atoms with Gasteiger partial charge in [-0.2, -0.15) is 0 Å². The molecule has 0 aliphatic rings. The summed E-state index contributed by atoms with van der Waals surface area (Å²) in [6.07, 6.45) is 0. The maximum atomic E-state index is 6.22. The van der Waals surface area contributed by atoms with Crippen molar-refractivity contribution in [3.63, 3.8) is 0 Å². The van der Waals surface area contributed by atoms with Crippen LogP contribution in [-0.4, -0.2) is 15.0 Å². The van der Waals surface area contributed by atoms with E-state index in [4.69, 9.17) is 19.4 Å². The highest BCUT2D eigenvalue weighted by molar-refractivity contribution is 5.91. The smallest absolute Gasteiger partial charge is 0.199 e. The summed E-state index contributed by atoms with van der Waals surface area (Å²) in [6, 6.07) is 51.9. The summed E-state index contributed by atoms with van der Waals surface area (Å²) in [4.78, 5) is 15.0. The van der Waals surface area contributed by atoms with Gasteiger partial charge in [-0.15, -0.1) is 0 Å². The number of para-hydroxylation sites is 1. The zero-order chi connectivity index (χ0) is 28.6. The van der Waals surface area contributed by atoms with Gasteiger partial charge in [-0.25, -0.2) is 15.0 Å². The van der Waals surface area contributed by atoms with Gasteiger partial charge in [0.2, 0.25) is 0 Å². The highest BCUT2D eigenvalue weighted by Crippen LogP contribution is 2.34. The van der Waals surface area contributed by atoms with E-state index in [1.807, 2.05) is 66.7 Å². The van der Waals surface area contributed by atoms with Gasteiger partial charge in [0.1, 0.15) is 5.58 Å². The lowest BCUT2D eigenvalue weighted by Crippen LogP contribution is -2.00. The molecule has 0 saturated carbocycles. The molecular weight excluding hydrogens is 526 g/mol. The molecule has 0 N–H and O–H groups in total. The fourth-order valence-electron chi connectivity index (χ4n) is 5.57. The molecule has 2 heterocycles. The zero-order valence-electron chi connectivity index (χ0n) is 23.2. The number of benzene rings is 6. The molecule has 0 aliphatic heterocycles. The number of hydrogen-bond acceptors (Lipinski definition) is 4. The van der Waals surface area contributed by atoms with Gasteiger partial charge in [0, 0.05) is 16.5 Å². The van der Waals surface area contributed by atoms with E-state index < -0.39 is 0 Å². The molecule has 4 heteroatoms. The lowest BCUT2D eigenvalue weighted by molar-refractivity contribution is 0.625. The lowest BCUT2D eigenvalue weighted by Gasteiger charge is -2.12. The summed E-state index contributed by atoms with van der Waals surface area (Å²) in [5.74, 6) is 2.30. The number of fused-ring (bicyclic) bond motifs is 2. The maximum absolute atomic E-state index is 6.22. The van der Waals surface area contributed by atoms with Gasteiger partial charge in [0.25, 0.3) is 0 Å². The summed E-state index contributed by atoms with van der Waals surface area (Å²) in [5, 5.41) is 3.28. The second-order valence-corrected chi connectivity index (χ2v) is 10.5. The molecule has 0 radical (unpaired) electrons. The van der Waals surface area contributed by atoms with Gasteiger partial charge in [0.05, 0.1) is 0 Å². The zero-order valence-corrected chi connectivity index (χ0v) is 23.2. The summed E-state index contributed by atoms with van der Waals surface area (Å²) in [7, 11) is 0. The minimum atomic E-state index is 0.499. The van der Waals surface area contributed by atoms with Crippen LogP contribution >= 0.6 is 0 Å². The van der Waals surface area contributed by atoms with Crippen molar-refractivity contribution >= 4 is 21.7 Å². The van der Waals surface area contributed by atoms with Crippen LogP contribution in [0.3, 0.4) is 0 Å². The monoisotopic (exact) mass is 551 g/mol. The Bertz CT molecular complexity index is 2200. The van der Waals surface area contributed by atoms with Crippen molar-refractivity contribution in [3.05, 3.63) is 152 Å². The van der Waals surface area contributed by atoms with E-state index in [1.165, 1.54) is 11.1 Å². The van der Waals surface area contributed by atoms with Crippen LogP contribution in [0, 0.1) is 0 Å². The van der Waals surface area contributed by atoms with Gasteiger partial charge in [-0.1, -0.05) is 127 Å². The van der Waals surface area contributed by atoms with E-state index in [0.29, 0.717) is 23.2 Å². The standard InChI is InChI=1S/C39H25N3O/c1-3-11-26(12-4-1)28-19-20-30-24-32(22-21-29(30)23-28)37-40-38(34-17-9-8-16-33(34)27-13-5-2-6-14-27)42-39(41-37)36-25-31-15-7-10-18-35(31)43-36/h1-25H. The van der Waals surface area contributed by atoms with Crippen molar-refractivity contribution in [2.24, 2.45) is 0 Å². The second kappa shape index (κ2) is 10.5. The van der Waals surface area contributed by atoms with Crippen LogP contribution in [0.4, 0.5) is 0 Å². The van der Waals surface area contributed by atoms with Crippen LogP contribution in [0.5, 0.6) is 0 Å². The van der Waals surface area contributed by atoms with Gasteiger partial charge in [-0.3, -0.25) is 0 Å². The van der Waals surface area contributed by atoms with Crippen molar-refractivity contribution in [1.82, 2.24) is 15.0 Å². The maximum Gasteiger partial charge on any atom is 0.199 e. The van der Waals surface area contributed by atoms with Crippen LogP contribution in [0.25, 0.3) is 78.4 Å². The summed E-state index contributed by atoms with van der Waals surface area (Å²) < 4.78 is 6.22. The molecule has 0 unspecified atom stereocenters. The van der Waals surface area contributed by atoms with E-state index in [2.05, 4.69) is 84.9 Å². The van der Waals surface area contributed by atoms with E-state index in [-0.39, 0.29) is 0 Å². The molecule has 202 valence electrons. The fourth-order valence-corrected chi connectivity index (χ4v) is 5.57. The van der Waals surface area contributed by atoms with E-state index in [9.17, 15) is 0 Å². The molecule has 8 rings (SSSR count). The number of hydrogen-bond donors (Lipinski definition) is 0. The third-order valence-corrected chi connectivity index (χ3v) is 7.74. The van der Waals surface area contributed by atoms with Crippen LogP contribution in [0.15, 0.2) is 156 Å². The Labute approximate surface area is 249 Å². The highest BCUT2D eigenvalue weighted by atomic mass is 16.3. The molecule has 0 amide bonds. The number of nitrogens with zero attached hydrogens (tertiary/aromatic N) is 3. The molecule has 2 aromatic heterocycles. The molecule has 0 spiro atoms. The second-order valence-electron chi connectivity index (χ2n) is 10.5.